The SMILES string of the molecule is C=CCC(COC(c1ccccc1)(c1ccccc1)c1ccccc1)OCCn1cc(CC(N)=O)c2ccccc21. The van der Waals surface area contributed by atoms with Crippen molar-refractivity contribution in [3.05, 3.63) is 156 Å². The van der Waals surface area contributed by atoms with E-state index >= 15 is 0 Å². The molecule has 1 heterocycles. The third kappa shape index (κ3) is 6.32. The number of rotatable bonds is 14. The molecule has 0 aliphatic carbocycles. The fraction of sp³-hybridized carbons (Fsp3) is 0.194. The van der Waals surface area contributed by atoms with Gasteiger partial charge in [0.15, 0.2) is 0 Å². The number of hydrogen-bond acceptors (Lipinski definition) is 3. The van der Waals surface area contributed by atoms with Crippen LogP contribution >= 0.6 is 0 Å². The molecule has 0 fully saturated rings. The number of benzene rings is 4. The number of amides is 1. The van der Waals surface area contributed by atoms with Crippen molar-refractivity contribution in [3.8, 4) is 0 Å². The van der Waals surface area contributed by atoms with Crippen LogP contribution < -0.4 is 5.73 Å². The van der Waals surface area contributed by atoms with E-state index in [2.05, 4.69) is 53.6 Å². The Balaban J connectivity index is 1.39. The molecule has 1 amide bonds. The summed E-state index contributed by atoms with van der Waals surface area (Å²) in [7, 11) is 0. The Hall–Kier alpha value is -4.45. The molecular weight excluding hydrogens is 508 g/mol. The first-order valence-corrected chi connectivity index (χ1v) is 14.0. The minimum atomic E-state index is -0.813. The highest BCUT2D eigenvalue weighted by Gasteiger charge is 2.38. The number of nitrogens with two attached hydrogens (primary N) is 1. The Morgan fingerprint density at radius 2 is 1.37 bits per heavy atom. The van der Waals surface area contributed by atoms with Gasteiger partial charge in [-0.25, -0.2) is 0 Å². The van der Waals surface area contributed by atoms with Crippen molar-refractivity contribution in [1.82, 2.24) is 4.57 Å². The Labute approximate surface area is 241 Å². The molecule has 0 saturated carbocycles. The average Bonchev–Trinajstić information content (AvgIpc) is 3.35. The number of primary amides is 1. The van der Waals surface area contributed by atoms with Crippen molar-refractivity contribution in [2.45, 2.75) is 31.1 Å². The van der Waals surface area contributed by atoms with E-state index in [0.29, 0.717) is 26.2 Å². The molecule has 1 aromatic heterocycles. The molecule has 0 bridgehead atoms. The molecule has 5 aromatic rings. The lowest BCUT2D eigenvalue weighted by Gasteiger charge is -2.37. The number of nitrogens with zero attached hydrogens (tertiary/aromatic N) is 1. The van der Waals surface area contributed by atoms with Crippen LogP contribution in [-0.2, 0) is 32.8 Å². The Morgan fingerprint density at radius 1 is 0.829 bits per heavy atom. The highest BCUT2D eigenvalue weighted by atomic mass is 16.5. The summed E-state index contributed by atoms with van der Waals surface area (Å²) < 4.78 is 15.5. The third-order valence-electron chi connectivity index (χ3n) is 7.38. The topological polar surface area (TPSA) is 66.5 Å². The first kappa shape index (κ1) is 28.1. The highest BCUT2D eigenvalue weighted by molar-refractivity contribution is 5.88. The normalized spacial score (nSPS) is 12.3. The van der Waals surface area contributed by atoms with E-state index in [0.717, 1.165) is 33.2 Å². The molecule has 2 N–H and O–H groups in total. The Morgan fingerprint density at radius 3 is 1.90 bits per heavy atom. The Bertz CT molecular complexity index is 1470. The van der Waals surface area contributed by atoms with E-state index < -0.39 is 5.60 Å². The van der Waals surface area contributed by atoms with Crippen LogP contribution in [0.15, 0.2) is 134 Å². The minimum absolute atomic E-state index is 0.199. The first-order valence-electron chi connectivity index (χ1n) is 14.0. The molecule has 0 spiro atoms. The maximum atomic E-state index is 11.6. The van der Waals surface area contributed by atoms with E-state index in [1.54, 1.807) is 0 Å². The van der Waals surface area contributed by atoms with Gasteiger partial charge in [-0.05, 0) is 34.7 Å². The standard InChI is InChI=1S/C36H36N2O3/c1-2-14-32(40-24-23-38-26-28(25-35(37)39)33-21-12-13-22-34(33)38)27-41-36(29-15-6-3-7-16-29,30-17-8-4-9-18-30)31-19-10-5-11-20-31/h2-13,15-22,26,32H,1,14,23-25,27H2,(H2,37,39). The van der Waals surface area contributed by atoms with Crippen molar-refractivity contribution in [2.75, 3.05) is 13.2 Å². The van der Waals surface area contributed by atoms with Crippen LogP contribution in [-0.4, -0.2) is 29.8 Å². The molecule has 1 unspecified atom stereocenters. The van der Waals surface area contributed by atoms with Crippen LogP contribution in [0.5, 0.6) is 0 Å². The summed E-state index contributed by atoms with van der Waals surface area (Å²) in [6.07, 6.45) is 4.53. The maximum absolute atomic E-state index is 11.6. The second-order valence-electron chi connectivity index (χ2n) is 10.1. The van der Waals surface area contributed by atoms with Gasteiger partial charge in [0.2, 0.25) is 5.91 Å². The van der Waals surface area contributed by atoms with Crippen LogP contribution in [0.3, 0.4) is 0 Å². The second kappa shape index (κ2) is 13.3. The molecule has 0 saturated heterocycles. The van der Waals surface area contributed by atoms with Crippen LogP contribution in [0.4, 0.5) is 0 Å². The van der Waals surface area contributed by atoms with Gasteiger partial charge in [0.25, 0.3) is 0 Å². The molecular formula is C36H36N2O3. The maximum Gasteiger partial charge on any atom is 0.221 e. The summed E-state index contributed by atoms with van der Waals surface area (Å²) >= 11 is 0. The van der Waals surface area contributed by atoms with Gasteiger partial charge in [0, 0.05) is 23.6 Å². The zero-order chi connectivity index (χ0) is 28.5. The van der Waals surface area contributed by atoms with Crippen molar-refractivity contribution in [2.24, 2.45) is 5.73 Å². The summed E-state index contributed by atoms with van der Waals surface area (Å²) in [4.78, 5) is 11.6. The van der Waals surface area contributed by atoms with Gasteiger partial charge < -0.3 is 19.8 Å². The number of ether oxygens (including phenoxy) is 2. The van der Waals surface area contributed by atoms with Crippen molar-refractivity contribution in [1.29, 1.82) is 0 Å². The Kier molecular flexibility index (Phi) is 9.09. The van der Waals surface area contributed by atoms with E-state index in [4.69, 9.17) is 15.2 Å². The van der Waals surface area contributed by atoms with Gasteiger partial charge in [-0.15, -0.1) is 6.58 Å². The van der Waals surface area contributed by atoms with Crippen molar-refractivity contribution >= 4 is 16.8 Å². The first-order chi connectivity index (χ1) is 20.1. The van der Waals surface area contributed by atoms with Gasteiger partial charge >= 0.3 is 0 Å². The zero-order valence-corrected chi connectivity index (χ0v) is 23.2. The fourth-order valence-electron chi connectivity index (χ4n) is 5.51. The third-order valence-corrected chi connectivity index (χ3v) is 7.38. The highest BCUT2D eigenvalue weighted by Crippen LogP contribution is 2.40. The lowest BCUT2D eigenvalue weighted by atomic mass is 9.80. The van der Waals surface area contributed by atoms with E-state index in [9.17, 15) is 4.79 Å². The number of para-hydroxylation sites is 1. The molecule has 0 aliphatic rings. The van der Waals surface area contributed by atoms with Crippen molar-refractivity contribution in [3.63, 3.8) is 0 Å². The number of carbonyl (C=O) groups excluding carboxylic acids is 1. The molecule has 41 heavy (non-hydrogen) atoms. The largest absolute Gasteiger partial charge is 0.374 e. The average molecular weight is 545 g/mol. The van der Waals surface area contributed by atoms with Crippen LogP contribution in [0, 0.1) is 0 Å². The fourth-order valence-corrected chi connectivity index (χ4v) is 5.51. The summed E-state index contributed by atoms with van der Waals surface area (Å²) in [5, 5.41) is 1.04. The van der Waals surface area contributed by atoms with Crippen LogP contribution in [0.1, 0.15) is 28.7 Å². The summed E-state index contributed by atoms with van der Waals surface area (Å²) in [5.41, 5.74) is 9.82. The molecule has 1 atom stereocenters. The molecule has 5 rings (SSSR count). The van der Waals surface area contributed by atoms with Gasteiger partial charge in [-0.1, -0.05) is 115 Å². The van der Waals surface area contributed by atoms with Gasteiger partial charge in [-0.2, -0.15) is 0 Å². The summed E-state index contributed by atoms with van der Waals surface area (Å²) in [6.45, 7) is 5.45. The van der Waals surface area contributed by atoms with Crippen LogP contribution in [0.2, 0.25) is 0 Å². The van der Waals surface area contributed by atoms with E-state index in [1.165, 1.54) is 0 Å². The molecule has 0 aliphatic heterocycles. The van der Waals surface area contributed by atoms with E-state index in [-0.39, 0.29) is 18.4 Å². The minimum Gasteiger partial charge on any atom is -0.374 e. The molecule has 208 valence electrons. The zero-order valence-electron chi connectivity index (χ0n) is 23.2. The second-order valence-corrected chi connectivity index (χ2v) is 10.1. The number of fused-ring (bicyclic) bond motifs is 1. The lowest BCUT2D eigenvalue weighted by molar-refractivity contribution is -0.117. The number of hydrogen-bond donors (Lipinski definition) is 1. The van der Waals surface area contributed by atoms with Crippen molar-refractivity contribution < 1.29 is 14.3 Å². The molecule has 0 radical (unpaired) electrons. The quantitative estimate of drug-likeness (QED) is 0.126. The van der Waals surface area contributed by atoms with Crippen LogP contribution in [0.25, 0.3) is 10.9 Å². The molecule has 5 heteroatoms. The predicted octanol–water partition coefficient (Wildman–Crippen LogP) is 6.64. The predicted molar refractivity (Wildman–Crippen MR) is 165 cm³/mol. The van der Waals surface area contributed by atoms with Gasteiger partial charge in [0.1, 0.15) is 5.60 Å². The lowest BCUT2D eigenvalue weighted by Crippen LogP contribution is -2.36. The number of aromatic nitrogens is 1. The van der Waals surface area contributed by atoms with E-state index in [1.807, 2.05) is 85.1 Å². The molecule has 4 aromatic carbocycles. The summed E-state index contributed by atoms with van der Waals surface area (Å²) in [5.74, 6) is -0.342. The van der Waals surface area contributed by atoms with Gasteiger partial charge in [-0.3, -0.25) is 4.79 Å². The number of carbonyl (C=O) groups is 1. The molecule has 5 nitrogen and oxygen atoms in total. The van der Waals surface area contributed by atoms with Gasteiger partial charge in [0.05, 0.1) is 25.7 Å². The monoisotopic (exact) mass is 544 g/mol. The summed E-state index contributed by atoms with van der Waals surface area (Å²) in [6, 6.07) is 39.1. The smallest absolute Gasteiger partial charge is 0.221 e.